The third kappa shape index (κ3) is 1.50. The number of halogens is 2. The lowest BCUT2D eigenvalue weighted by Crippen LogP contribution is -1.79. The summed E-state index contributed by atoms with van der Waals surface area (Å²) in [6.45, 7) is 0. The van der Waals surface area contributed by atoms with Crippen LogP contribution in [0.15, 0.2) is 17.5 Å². The molecule has 0 radical (unpaired) electrons. The molecule has 0 fully saturated rings. The van der Waals surface area contributed by atoms with Gasteiger partial charge in [-0.15, -0.1) is 22.9 Å². The zero-order chi connectivity index (χ0) is 9.42. The Morgan fingerprint density at radius 3 is 2.85 bits per heavy atom. The average Bonchev–Trinajstić information content (AvgIpc) is 2.46. The summed E-state index contributed by atoms with van der Waals surface area (Å²) in [6, 6.07) is 3.61. The molecule has 0 amide bonds. The fraction of sp³-hybridized carbons (Fsp3) is 0.111. The summed E-state index contributed by atoms with van der Waals surface area (Å²) in [7, 11) is 0. The van der Waals surface area contributed by atoms with Crippen LogP contribution in [0.3, 0.4) is 0 Å². The predicted octanol–water partition coefficient (Wildman–Crippen LogP) is 4.00. The van der Waals surface area contributed by atoms with Gasteiger partial charge in [0, 0.05) is 26.4 Å². The van der Waals surface area contributed by atoms with E-state index < -0.39 is 0 Å². The number of benzene rings is 1. The van der Waals surface area contributed by atoms with E-state index >= 15 is 0 Å². The Hall–Kier alpha value is -0.440. The van der Waals surface area contributed by atoms with Crippen molar-refractivity contribution in [2.24, 2.45) is 0 Å². The van der Waals surface area contributed by atoms with Crippen molar-refractivity contribution in [1.29, 1.82) is 0 Å². The van der Waals surface area contributed by atoms with Crippen LogP contribution in [0.2, 0.25) is 5.02 Å². The van der Waals surface area contributed by atoms with Crippen molar-refractivity contribution in [3.8, 4) is 5.75 Å². The van der Waals surface area contributed by atoms with E-state index in [0.717, 1.165) is 15.6 Å². The van der Waals surface area contributed by atoms with Crippen molar-refractivity contribution in [1.82, 2.24) is 0 Å². The molecule has 1 heterocycles. The standard InChI is InChI=1S/C9H6Cl2OS/c10-3-5-1-6(11)2-8-9(5)7(12)4-13-8/h1-2,4,12H,3H2. The lowest BCUT2D eigenvalue weighted by molar-refractivity contribution is 0.483. The summed E-state index contributed by atoms with van der Waals surface area (Å²) in [4.78, 5) is 0. The van der Waals surface area contributed by atoms with Crippen LogP contribution in [0.5, 0.6) is 5.75 Å². The first-order valence-corrected chi connectivity index (χ1v) is 5.46. The van der Waals surface area contributed by atoms with Crippen LogP contribution in [0.25, 0.3) is 10.1 Å². The van der Waals surface area contributed by atoms with E-state index in [4.69, 9.17) is 23.2 Å². The van der Waals surface area contributed by atoms with Gasteiger partial charge in [0.25, 0.3) is 0 Å². The average molecular weight is 233 g/mol. The monoisotopic (exact) mass is 232 g/mol. The second-order valence-corrected chi connectivity index (χ2v) is 4.31. The molecule has 1 aromatic heterocycles. The van der Waals surface area contributed by atoms with E-state index in [1.807, 2.05) is 6.07 Å². The summed E-state index contributed by atoms with van der Waals surface area (Å²) in [5, 5.41) is 12.7. The molecule has 0 spiro atoms. The van der Waals surface area contributed by atoms with Crippen LogP contribution in [-0.4, -0.2) is 5.11 Å². The van der Waals surface area contributed by atoms with Crippen molar-refractivity contribution in [3.05, 3.63) is 28.1 Å². The molecule has 2 rings (SSSR count). The molecule has 0 bridgehead atoms. The molecular weight excluding hydrogens is 227 g/mol. The molecule has 68 valence electrons. The molecule has 4 heteroatoms. The van der Waals surface area contributed by atoms with Crippen molar-refractivity contribution >= 4 is 44.6 Å². The molecule has 1 nitrogen and oxygen atoms in total. The van der Waals surface area contributed by atoms with E-state index in [9.17, 15) is 5.11 Å². The maximum absolute atomic E-state index is 9.52. The Labute approximate surface area is 89.5 Å². The summed E-state index contributed by atoms with van der Waals surface area (Å²) < 4.78 is 0.973. The topological polar surface area (TPSA) is 20.2 Å². The molecule has 0 aliphatic heterocycles. The van der Waals surface area contributed by atoms with Gasteiger partial charge in [0.2, 0.25) is 0 Å². The minimum absolute atomic E-state index is 0.285. The predicted molar refractivity (Wildman–Crippen MR) is 58.1 cm³/mol. The largest absolute Gasteiger partial charge is 0.506 e. The Kier molecular flexibility index (Phi) is 2.37. The molecule has 0 saturated heterocycles. The Morgan fingerprint density at radius 1 is 1.38 bits per heavy atom. The number of thiophene rings is 1. The molecule has 13 heavy (non-hydrogen) atoms. The normalized spacial score (nSPS) is 10.9. The van der Waals surface area contributed by atoms with Crippen LogP contribution in [-0.2, 0) is 5.88 Å². The van der Waals surface area contributed by atoms with Gasteiger partial charge < -0.3 is 5.11 Å². The molecule has 1 N–H and O–H groups in total. The lowest BCUT2D eigenvalue weighted by atomic mass is 10.1. The second-order valence-electron chi connectivity index (χ2n) is 2.69. The van der Waals surface area contributed by atoms with Gasteiger partial charge in [-0.3, -0.25) is 0 Å². The number of fused-ring (bicyclic) bond motifs is 1. The highest BCUT2D eigenvalue weighted by Gasteiger charge is 2.08. The van der Waals surface area contributed by atoms with E-state index in [2.05, 4.69) is 0 Å². The molecule has 2 aromatic rings. The first kappa shape index (κ1) is 9.13. The van der Waals surface area contributed by atoms with E-state index in [1.54, 1.807) is 11.4 Å². The zero-order valence-corrected chi connectivity index (χ0v) is 8.88. The third-order valence-electron chi connectivity index (χ3n) is 1.85. The van der Waals surface area contributed by atoms with Crippen molar-refractivity contribution in [2.45, 2.75) is 5.88 Å². The third-order valence-corrected chi connectivity index (χ3v) is 3.27. The zero-order valence-electron chi connectivity index (χ0n) is 6.55. The summed E-state index contributed by atoms with van der Waals surface area (Å²) in [5.74, 6) is 0.647. The van der Waals surface area contributed by atoms with Crippen LogP contribution >= 0.6 is 34.5 Å². The summed E-state index contributed by atoms with van der Waals surface area (Å²) in [5.41, 5.74) is 0.878. The SMILES string of the molecule is Oc1csc2cc(Cl)cc(CCl)c12. The molecule has 1 aromatic carbocycles. The second kappa shape index (κ2) is 3.37. The first-order valence-electron chi connectivity index (χ1n) is 3.67. The fourth-order valence-corrected chi connectivity index (χ4v) is 2.72. The summed E-state index contributed by atoms with van der Waals surface area (Å²) >= 11 is 13.1. The maximum atomic E-state index is 9.52. The van der Waals surface area contributed by atoms with Gasteiger partial charge in [-0.2, -0.15) is 0 Å². The van der Waals surface area contributed by atoms with Gasteiger partial charge in [-0.25, -0.2) is 0 Å². The van der Waals surface area contributed by atoms with Gasteiger partial charge >= 0.3 is 0 Å². The van der Waals surface area contributed by atoms with Crippen molar-refractivity contribution < 1.29 is 5.11 Å². The Bertz CT molecular complexity index is 450. The van der Waals surface area contributed by atoms with E-state index in [1.165, 1.54) is 11.3 Å². The van der Waals surface area contributed by atoms with Crippen LogP contribution in [0.4, 0.5) is 0 Å². The first-order chi connectivity index (χ1) is 6.22. The number of hydrogen-bond acceptors (Lipinski definition) is 2. The number of rotatable bonds is 1. The minimum Gasteiger partial charge on any atom is -0.506 e. The molecular formula is C9H6Cl2OS. The smallest absolute Gasteiger partial charge is 0.134 e. The van der Waals surface area contributed by atoms with E-state index in [0.29, 0.717) is 10.9 Å². The van der Waals surface area contributed by atoms with Crippen molar-refractivity contribution in [3.63, 3.8) is 0 Å². The quantitative estimate of drug-likeness (QED) is 0.738. The number of alkyl halides is 1. The van der Waals surface area contributed by atoms with Gasteiger partial charge in [0.15, 0.2) is 0 Å². The lowest BCUT2D eigenvalue weighted by Gasteiger charge is -2.00. The highest BCUT2D eigenvalue weighted by atomic mass is 35.5. The molecule has 0 aliphatic rings. The highest BCUT2D eigenvalue weighted by molar-refractivity contribution is 7.17. The Balaban J connectivity index is 2.85. The highest BCUT2D eigenvalue weighted by Crippen LogP contribution is 2.36. The fourth-order valence-electron chi connectivity index (χ4n) is 1.30. The molecule has 0 unspecified atom stereocenters. The molecule has 0 aliphatic carbocycles. The van der Waals surface area contributed by atoms with Crippen molar-refractivity contribution in [2.75, 3.05) is 0 Å². The van der Waals surface area contributed by atoms with Crippen LogP contribution in [0.1, 0.15) is 5.56 Å². The number of hydrogen-bond donors (Lipinski definition) is 1. The maximum Gasteiger partial charge on any atom is 0.134 e. The van der Waals surface area contributed by atoms with Gasteiger partial charge in [-0.1, -0.05) is 11.6 Å². The molecule has 0 atom stereocenters. The van der Waals surface area contributed by atoms with Crippen LogP contribution in [0, 0.1) is 0 Å². The van der Waals surface area contributed by atoms with Crippen LogP contribution < -0.4 is 0 Å². The van der Waals surface area contributed by atoms with Gasteiger partial charge in [0.05, 0.1) is 0 Å². The molecule has 0 saturated carbocycles. The minimum atomic E-state index is 0.285. The summed E-state index contributed by atoms with van der Waals surface area (Å²) in [6.07, 6.45) is 0. The Morgan fingerprint density at radius 2 is 2.15 bits per heavy atom. The van der Waals surface area contributed by atoms with Gasteiger partial charge in [-0.05, 0) is 17.7 Å². The van der Waals surface area contributed by atoms with E-state index in [-0.39, 0.29) is 5.75 Å². The number of aromatic hydroxyl groups is 1. The van der Waals surface area contributed by atoms with Gasteiger partial charge in [0.1, 0.15) is 5.75 Å².